The van der Waals surface area contributed by atoms with Crippen molar-refractivity contribution >= 4 is 0 Å². The van der Waals surface area contributed by atoms with Crippen LogP contribution in [0, 0.1) is 0 Å². The molecule has 1 N–H and O–H groups in total. The average molecular weight is 347 g/mol. The van der Waals surface area contributed by atoms with Crippen LogP contribution in [-0.4, -0.2) is 28.5 Å². The van der Waals surface area contributed by atoms with Crippen molar-refractivity contribution in [2.45, 2.75) is 19.5 Å². The molecule has 0 fully saturated rings. The van der Waals surface area contributed by atoms with Gasteiger partial charge in [-0.15, -0.1) is 0 Å². The molecule has 0 bridgehead atoms. The van der Waals surface area contributed by atoms with Crippen LogP contribution in [0.15, 0.2) is 59.4 Å². The van der Waals surface area contributed by atoms with Gasteiger partial charge in [0, 0.05) is 30.8 Å². The number of nitrogens with zero attached hydrogens (tertiary/aromatic N) is 2. The van der Waals surface area contributed by atoms with E-state index in [0.29, 0.717) is 12.4 Å². The zero-order valence-corrected chi connectivity index (χ0v) is 14.7. The van der Waals surface area contributed by atoms with Gasteiger partial charge in [-0.05, 0) is 24.1 Å². The van der Waals surface area contributed by atoms with Gasteiger partial charge in [0.15, 0.2) is 0 Å². The number of rotatable bonds is 4. The topological polar surface area (TPSA) is 58.2 Å². The van der Waals surface area contributed by atoms with E-state index in [9.17, 15) is 4.79 Å². The standard InChI is InChI=1S/C21H21N3O2/c1-26-17-9-7-15(8-10-17)13-24-12-11-18-19(14-24)22-20(23-21(18)25)16-5-3-2-4-6-16/h2-10H,11-14H2,1H3,(H,22,23,25). The van der Waals surface area contributed by atoms with Gasteiger partial charge in [0.05, 0.1) is 12.8 Å². The van der Waals surface area contributed by atoms with E-state index in [1.165, 1.54) is 5.56 Å². The van der Waals surface area contributed by atoms with Crippen LogP contribution in [0.1, 0.15) is 16.8 Å². The molecule has 5 nitrogen and oxygen atoms in total. The molecule has 0 atom stereocenters. The van der Waals surface area contributed by atoms with Crippen molar-refractivity contribution in [3.8, 4) is 17.1 Å². The lowest BCUT2D eigenvalue weighted by molar-refractivity contribution is 0.240. The zero-order chi connectivity index (χ0) is 17.9. The third-order valence-electron chi connectivity index (χ3n) is 4.76. The summed E-state index contributed by atoms with van der Waals surface area (Å²) in [6, 6.07) is 17.9. The number of aromatic nitrogens is 2. The first kappa shape index (κ1) is 16.5. The Morgan fingerprint density at radius 3 is 2.62 bits per heavy atom. The third kappa shape index (κ3) is 3.39. The number of aromatic amines is 1. The predicted molar refractivity (Wildman–Crippen MR) is 101 cm³/mol. The number of hydrogen-bond donors (Lipinski definition) is 1. The molecular formula is C21H21N3O2. The monoisotopic (exact) mass is 347 g/mol. The number of benzene rings is 2. The normalized spacial score (nSPS) is 14.0. The highest BCUT2D eigenvalue weighted by molar-refractivity contribution is 5.54. The van der Waals surface area contributed by atoms with E-state index in [-0.39, 0.29) is 5.56 Å². The molecule has 0 aliphatic carbocycles. The molecule has 4 rings (SSSR count). The minimum Gasteiger partial charge on any atom is -0.497 e. The van der Waals surface area contributed by atoms with Gasteiger partial charge in [0.25, 0.3) is 5.56 Å². The summed E-state index contributed by atoms with van der Waals surface area (Å²) in [6.45, 7) is 2.37. The summed E-state index contributed by atoms with van der Waals surface area (Å²) >= 11 is 0. The van der Waals surface area contributed by atoms with Crippen LogP contribution in [0.3, 0.4) is 0 Å². The van der Waals surface area contributed by atoms with Crippen LogP contribution in [0.2, 0.25) is 0 Å². The van der Waals surface area contributed by atoms with Crippen LogP contribution < -0.4 is 10.3 Å². The lowest BCUT2D eigenvalue weighted by Gasteiger charge is -2.27. The Kier molecular flexibility index (Phi) is 4.54. The van der Waals surface area contributed by atoms with Crippen molar-refractivity contribution in [3.05, 3.63) is 81.8 Å². The van der Waals surface area contributed by atoms with Crippen molar-refractivity contribution in [2.75, 3.05) is 13.7 Å². The number of fused-ring (bicyclic) bond motifs is 1. The van der Waals surface area contributed by atoms with Gasteiger partial charge in [-0.25, -0.2) is 4.98 Å². The lowest BCUT2D eigenvalue weighted by atomic mass is 10.0. The second-order valence-corrected chi connectivity index (χ2v) is 6.51. The van der Waals surface area contributed by atoms with Gasteiger partial charge in [0.2, 0.25) is 0 Å². The smallest absolute Gasteiger partial charge is 0.254 e. The first-order valence-electron chi connectivity index (χ1n) is 8.76. The molecule has 26 heavy (non-hydrogen) atoms. The lowest BCUT2D eigenvalue weighted by Crippen LogP contribution is -2.35. The molecule has 0 amide bonds. The summed E-state index contributed by atoms with van der Waals surface area (Å²) < 4.78 is 5.21. The molecule has 1 aliphatic heterocycles. The van der Waals surface area contributed by atoms with Crippen molar-refractivity contribution in [1.29, 1.82) is 0 Å². The molecule has 1 aromatic heterocycles. The van der Waals surface area contributed by atoms with E-state index in [2.05, 4.69) is 22.0 Å². The van der Waals surface area contributed by atoms with E-state index in [1.54, 1.807) is 7.11 Å². The maximum absolute atomic E-state index is 12.5. The van der Waals surface area contributed by atoms with Crippen molar-refractivity contribution < 1.29 is 4.74 Å². The highest BCUT2D eigenvalue weighted by Crippen LogP contribution is 2.20. The minimum atomic E-state index is -0.0158. The molecule has 2 aromatic carbocycles. The van der Waals surface area contributed by atoms with Gasteiger partial charge in [-0.1, -0.05) is 42.5 Å². The van der Waals surface area contributed by atoms with Gasteiger partial charge in [-0.3, -0.25) is 9.69 Å². The maximum atomic E-state index is 12.5. The molecule has 0 saturated heterocycles. The number of ether oxygens (including phenoxy) is 1. The number of nitrogens with one attached hydrogen (secondary N) is 1. The summed E-state index contributed by atoms with van der Waals surface area (Å²) in [5.41, 5.74) is 3.84. The molecule has 132 valence electrons. The number of methoxy groups -OCH3 is 1. The molecule has 0 radical (unpaired) electrons. The quantitative estimate of drug-likeness (QED) is 0.788. The van der Waals surface area contributed by atoms with Crippen LogP contribution in [0.25, 0.3) is 11.4 Å². The van der Waals surface area contributed by atoms with Gasteiger partial charge in [-0.2, -0.15) is 0 Å². The van der Waals surface area contributed by atoms with E-state index in [1.807, 2.05) is 42.5 Å². The number of H-pyrrole nitrogens is 1. The van der Waals surface area contributed by atoms with Crippen molar-refractivity contribution in [2.24, 2.45) is 0 Å². The summed E-state index contributed by atoms with van der Waals surface area (Å²) in [5.74, 6) is 1.50. The second-order valence-electron chi connectivity index (χ2n) is 6.51. The van der Waals surface area contributed by atoms with E-state index in [0.717, 1.165) is 42.1 Å². The predicted octanol–water partition coefficient (Wildman–Crippen LogP) is 3.00. The Morgan fingerprint density at radius 2 is 1.88 bits per heavy atom. The zero-order valence-electron chi connectivity index (χ0n) is 14.7. The molecule has 0 saturated carbocycles. The first-order chi connectivity index (χ1) is 12.7. The van der Waals surface area contributed by atoms with Crippen LogP contribution in [0.4, 0.5) is 0 Å². The fraction of sp³-hybridized carbons (Fsp3) is 0.238. The third-order valence-corrected chi connectivity index (χ3v) is 4.76. The molecule has 0 unspecified atom stereocenters. The summed E-state index contributed by atoms with van der Waals surface area (Å²) in [7, 11) is 1.67. The van der Waals surface area contributed by atoms with E-state index >= 15 is 0 Å². The second kappa shape index (κ2) is 7.14. The minimum absolute atomic E-state index is 0.0158. The Morgan fingerprint density at radius 1 is 1.12 bits per heavy atom. The Hall–Kier alpha value is -2.92. The Bertz CT molecular complexity index is 949. The van der Waals surface area contributed by atoms with E-state index in [4.69, 9.17) is 9.72 Å². The molecule has 0 spiro atoms. The highest BCUT2D eigenvalue weighted by atomic mass is 16.5. The fourth-order valence-corrected chi connectivity index (χ4v) is 3.35. The Balaban J connectivity index is 1.57. The SMILES string of the molecule is COc1ccc(CN2CCc3c(nc(-c4ccccc4)[nH]c3=O)C2)cc1. The highest BCUT2D eigenvalue weighted by Gasteiger charge is 2.21. The largest absolute Gasteiger partial charge is 0.497 e. The van der Waals surface area contributed by atoms with Crippen LogP contribution in [-0.2, 0) is 19.5 Å². The van der Waals surface area contributed by atoms with Crippen LogP contribution >= 0.6 is 0 Å². The van der Waals surface area contributed by atoms with Crippen molar-refractivity contribution in [1.82, 2.24) is 14.9 Å². The maximum Gasteiger partial charge on any atom is 0.254 e. The van der Waals surface area contributed by atoms with Crippen molar-refractivity contribution in [3.63, 3.8) is 0 Å². The summed E-state index contributed by atoms with van der Waals surface area (Å²) in [6.07, 6.45) is 0.725. The average Bonchev–Trinajstić information content (AvgIpc) is 2.69. The number of hydrogen-bond acceptors (Lipinski definition) is 4. The molecule has 1 aliphatic rings. The summed E-state index contributed by atoms with van der Waals surface area (Å²) in [5, 5.41) is 0. The summed E-state index contributed by atoms with van der Waals surface area (Å²) in [4.78, 5) is 22.5. The van der Waals surface area contributed by atoms with Gasteiger partial charge in [0.1, 0.15) is 11.6 Å². The fourth-order valence-electron chi connectivity index (χ4n) is 3.35. The van der Waals surface area contributed by atoms with Gasteiger partial charge < -0.3 is 9.72 Å². The first-order valence-corrected chi connectivity index (χ1v) is 8.76. The Labute approximate surface area is 152 Å². The molecule has 5 heteroatoms. The van der Waals surface area contributed by atoms with Gasteiger partial charge >= 0.3 is 0 Å². The van der Waals surface area contributed by atoms with E-state index < -0.39 is 0 Å². The van der Waals surface area contributed by atoms with Crippen LogP contribution in [0.5, 0.6) is 5.75 Å². The molecule has 2 heterocycles. The molecule has 3 aromatic rings. The molecular weight excluding hydrogens is 326 g/mol.